The second-order valence-corrected chi connectivity index (χ2v) is 10.8. The molecule has 1 unspecified atom stereocenters. The Balaban J connectivity index is 1.51. The smallest absolute Gasteiger partial charge is 0.217 e. The van der Waals surface area contributed by atoms with E-state index in [2.05, 4.69) is 26.9 Å². The zero-order chi connectivity index (χ0) is 25.3. The second-order valence-electron chi connectivity index (χ2n) is 9.42. The van der Waals surface area contributed by atoms with Crippen LogP contribution >= 0.6 is 27.5 Å². The van der Waals surface area contributed by atoms with Gasteiger partial charge in [-0.3, -0.25) is 4.90 Å². The van der Waals surface area contributed by atoms with Crippen molar-refractivity contribution in [3.05, 3.63) is 105 Å². The first-order valence-electron chi connectivity index (χ1n) is 11.9. The summed E-state index contributed by atoms with van der Waals surface area (Å²) in [7, 11) is 1.61. The fourth-order valence-corrected chi connectivity index (χ4v) is 5.74. The SMILES string of the molecule is COc1nc2ccc(Br)cc2cc1C(c1ccc(Cl)cc1)C1(O)CCN(Cc2cccc(F)c2)CC1. The molecule has 1 N–H and O–H groups in total. The number of aromatic nitrogens is 1. The molecule has 0 bridgehead atoms. The van der Waals surface area contributed by atoms with Crippen molar-refractivity contribution in [3.8, 4) is 5.88 Å². The van der Waals surface area contributed by atoms with Crippen molar-refractivity contribution >= 4 is 38.4 Å². The van der Waals surface area contributed by atoms with Gasteiger partial charge in [0.15, 0.2) is 0 Å². The van der Waals surface area contributed by atoms with E-state index in [0.717, 1.165) is 32.1 Å². The highest BCUT2D eigenvalue weighted by Gasteiger charge is 2.43. The molecule has 1 atom stereocenters. The number of piperidine rings is 1. The van der Waals surface area contributed by atoms with Crippen molar-refractivity contribution in [1.82, 2.24) is 9.88 Å². The molecule has 1 aliphatic heterocycles. The highest BCUT2D eigenvalue weighted by Crippen LogP contribution is 2.45. The monoisotopic (exact) mass is 568 g/mol. The molecule has 0 radical (unpaired) electrons. The van der Waals surface area contributed by atoms with Crippen LogP contribution in [0.5, 0.6) is 5.88 Å². The molecule has 2 heterocycles. The third-order valence-electron chi connectivity index (χ3n) is 7.03. The summed E-state index contributed by atoms with van der Waals surface area (Å²) in [5.41, 5.74) is 2.52. The molecule has 4 nitrogen and oxygen atoms in total. The largest absolute Gasteiger partial charge is 0.481 e. The summed E-state index contributed by atoms with van der Waals surface area (Å²) < 4.78 is 20.4. The first-order valence-corrected chi connectivity index (χ1v) is 13.1. The van der Waals surface area contributed by atoms with E-state index in [4.69, 9.17) is 21.3 Å². The van der Waals surface area contributed by atoms with Gasteiger partial charge in [0.1, 0.15) is 5.82 Å². The number of hydrogen-bond donors (Lipinski definition) is 1. The van der Waals surface area contributed by atoms with Gasteiger partial charge < -0.3 is 9.84 Å². The van der Waals surface area contributed by atoms with Crippen molar-refractivity contribution < 1.29 is 14.2 Å². The molecule has 1 aliphatic rings. The van der Waals surface area contributed by atoms with Crippen LogP contribution in [0.1, 0.15) is 35.4 Å². The topological polar surface area (TPSA) is 45.6 Å². The highest BCUT2D eigenvalue weighted by molar-refractivity contribution is 9.10. The van der Waals surface area contributed by atoms with Crippen molar-refractivity contribution in [1.29, 1.82) is 0 Å². The number of hydrogen-bond acceptors (Lipinski definition) is 4. The highest BCUT2D eigenvalue weighted by atomic mass is 79.9. The molecule has 0 aliphatic carbocycles. The van der Waals surface area contributed by atoms with Crippen LogP contribution in [0.2, 0.25) is 5.02 Å². The number of fused-ring (bicyclic) bond motifs is 1. The minimum absolute atomic E-state index is 0.230. The third-order valence-corrected chi connectivity index (χ3v) is 7.78. The molecule has 186 valence electrons. The number of aliphatic hydroxyl groups is 1. The van der Waals surface area contributed by atoms with Crippen molar-refractivity contribution in [2.45, 2.75) is 30.9 Å². The predicted octanol–water partition coefficient (Wildman–Crippen LogP) is 6.96. The number of likely N-dealkylation sites (tertiary alicyclic amines) is 1. The second kappa shape index (κ2) is 10.5. The summed E-state index contributed by atoms with van der Waals surface area (Å²) in [6, 6.07) is 22.3. The van der Waals surface area contributed by atoms with Crippen LogP contribution in [-0.2, 0) is 6.54 Å². The molecule has 36 heavy (non-hydrogen) atoms. The third kappa shape index (κ3) is 5.28. The van der Waals surface area contributed by atoms with E-state index in [1.165, 1.54) is 6.07 Å². The molecule has 1 aromatic heterocycles. The minimum atomic E-state index is -1.03. The van der Waals surface area contributed by atoms with Gasteiger partial charge in [0.05, 0.1) is 18.2 Å². The fraction of sp³-hybridized carbons (Fsp3) is 0.276. The first kappa shape index (κ1) is 25.2. The van der Waals surface area contributed by atoms with E-state index in [1.807, 2.05) is 48.5 Å². The van der Waals surface area contributed by atoms with Crippen LogP contribution in [0.15, 0.2) is 77.3 Å². The Morgan fingerprint density at radius 3 is 2.53 bits per heavy atom. The van der Waals surface area contributed by atoms with Gasteiger partial charge in [0, 0.05) is 46.0 Å². The van der Waals surface area contributed by atoms with E-state index in [1.54, 1.807) is 19.2 Å². The fourth-order valence-electron chi connectivity index (χ4n) is 5.23. The molecule has 4 aromatic rings. The summed E-state index contributed by atoms with van der Waals surface area (Å²) >= 11 is 9.76. The van der Waals surface area contributed by atoms with E-state index in [-0.39, 0.29) is 11.7 Å². The number of benzene rings is 3. The molecule has 0 spiro atoms. The molecule has 3 aromatic carbocycles. The van der Waals surface area contributed by atoms with Crippen molar-refractivity contribution in [3.63, 3.8) is 0 Å². The average molecular weight is 570 g/mol. The van der Waals surface area contributed by atoms with E-state index < -0.39 is 5.60 Å². The molecule has 0 amide bonds. The van der Waals surface area contributed by atoms with E-state index >= 15 is 0 Å². The van der Waals surface area contributed by atoms with E-state index in [9.17, 15) is 9.50 Å². The molecular formula is C29H27BrClFN2O2. The van der Waals surface area contributed by atoms with Crippen LogP contribution in [0.4, 0.5) is 4.39 Å². The Labute approximate surface area is 223 Å². The number of nitrogens with zero attached hydrogens (tertiary/aromatic N) is 2. The van der Waals surface area contributed by atoms with Crippen LogP contribution in [0.3, 0.4) is 0 Å². The quantitative estimate of drug-likeness (QED) is 0.273. The number of halogens is 3. The molecular weight excluding hydrogens is 543 g/mol. The Morgan fingerprint density at radius 1 is 1.08 bits per heavy atom. The Kier molecular flexibility index (Phi) is 7.31. The lowest BCUT2D eigenvalue weighted by Crippen LogP contribution is -2.48. The zero-order valence-corrected chi connectivity index (χ0v) is 22.3. The lowest BCUT2D eigenvalue weighted by atomic mass is 9.72. The van der Waals surface area contributed by atoms with Gasteiger partial charge in [0.2, 0.25) is 5.88 Å². The first-order chi connectivity index (χ1) is 17.3. The lowest BCUT2D eigenvalue weighted by molar-refractivity contribution is -0.0360. The lowest BCUT2D eigenvalue weighted by Gasteiger charge is -2.43. The molecule has 1 fully saturated rings. The Bertz CT molecular complexity index is 1370. The number of methoxy groups -OCH3 is 1. The predicted molar refractivity (Wildman–Crippen MR) is 145 cm³/mol. The van der Waals surface area contributed by atoms with Gasteiger partial charge in [-0.15, -0.1) is 0 Å². The number of ether oxygens (including phenoxy) is 1. The molecule has 5 rings (SSSR count). The average Bonchev–Trinajstić information content (AvgIpc) is 2.86. The summed E-state index contributed by atoms with van der Waals surface area (Å²) in [4.78, 5) is 7.04. The van der Waals surface area contributed by atoms with Gasteiger partial charge in [-0.2, -0.15) is 0 Å². The minimum Gasteiger partial charge on any atom is -0.481 e. The normalized spacial score (nSPS) is 16.7. The molecule has 0 saturated carbocycles. The number of rotatable bonds is 6. The maximum absolute atomic E-state index is 13.7. The van der Waals surface area contributed by atoms with Crippen molar-refractivity contribution in [2.75, 3.05) is 20.2 Å². The van der Waals surface area contributed by atoms with Crippen molar-refractivity contribution in [2.24, 2.45) is 0 Å². The maximum Gasteiger partial charge on any atom is 0.217 e. The number of pyridine rings is 1. The maximum atomic E-state index is 13.7. The van der Waals surface area contributed by atoms with Gasteiger partial charge in [-0.1, -0.05) is 51.8 Å². The van der Waals surface area contributed by atoms with Crippen LogP contribution < -0.4 is 4.74 Å². The van der Waals surface area contributed by atoms with Crippen LogP contribution in [0, 0.1) is 5.82 Å². The van der Waals surface area contributed by atoms with E-state index in [0.29, 0.717) is 43.4 Å². The zero-order valence-electron chi connectivity index (χ0n) is 19.9. The molecule has 1 saturated heterocycles. The van der Waals surface area contributed by atoms with Crippen LogP contribution in [-0.4, -0.2) is 40.8 Å². The van der Waals surface area contributed by atoms with Crippen LogP contribution in [0.25, 0.3) is 10.9 Å². The Morgan fingerprint density at radius 2 is 1.83 bits per heavy atom. The Hall–Kier alpha value is -2.51. The summed E-state index contributed by atoms with van der Waals surface area (Å²) in [6.07, 6.45) is 1.10. The van der Waals surface area contributed by atoms with Gasteiger partial charge >= 0.3 is 0 Å². The van der Waals surface area contributed by atoms with Gasteiger partial charge in [0.25, 0.3) is 0 Å². The summed E-state index contributed by atoms with van der Waals surface area (Å²) in [5.74, 6) is -0.0938. The van der Waals surface area contributed by atoms with Gasteiger partial charge in [-0.25, -0.2) is 9.37 Å². The summed E-state index contributed by atoms with van der Waals surface area (Å²) in [5, 5.41) is 13.8. The molecule has 7 heteroatoms. The van der Waals surface area contributed by atoms with Gasteiger partial charge in [-0.05, 0) is 72.5 Å². The summed E-state index contributed by atoms with van der Waals surface area (Å²) in [6.45, 7) is 2.02. The standard InChI is InChI=1S/C29H27BrClFN2O2/c1-36-28-25(17-21-16-22(30)7-10-26(21)33-28)27(20-5-8-23(31)9-6-20)29(35)11-13-34(14-12-29)18-19-3-2-4-24(32)15-19/h2-10,15-17,27,35H,11-14,18H2,1H3.